The molecule has 1 fully saturated rings. The molecule has 0 saturated heterocycles. The van der Waals surface area contributed by atoms with Crippen LogP contribution in [-0.4, -0.2) is 23.7 Å². The molecule has 0 amide bonds. The van der Waals surface area contributed by atoms with Crippen molar-refractivity contribution in [1.82, 2.24) is 9.55 Å². The maximum Gasteiger partial charge on any atom is 0.232 e. The highest BCUT2D eigenvalue weighted by Crippen LogP contribution is 2.47. The van der Waals surface area contributed by atoms with Crippen molar-refractivity contribution in [1.29, 1.82) is 0 Å². The Morgan fingerprint density at radius 2 is 1.94 bits per heavy atom. The van der Waals surface area contributed by atoms with Gasteiger partial charge in [-0.15, -0.1) is 0 Å². The van der Waals surface area contributed by atoms with Gasteiger partial charge < -0.3 is 15.0 Å². The van der Waals surface area contributed by atoms with E-state index < -0.39 is 10.0 Å². The molecule has 2 aromatic carbocycles. The summed E-state index contributed by atoms with van der Waals surface area (Å²) in [6, 6.07) is 17.1. The predicted molar refractivity (Wildman–Crippen MR) is 137 cm³/mol. The van der Waals surface area contributed by atoms with E-state index in [4.69, 9.17) is 22.1 Å². The molecule has 3 N–H and O–H groups in total. The number of fused-ring (bicyclic) bond motifs is 1. The third-order valence-electron chi connectivity index (χ3n) is 5.78. The third kappa shape index (κ3) is 4.43. The zero-order valence-electron chi connectivity index (χ0n) is 18.7. The van der Waals surface area contributed by atoms with Crippen LogP contribution < -0.4 is 15.2 Å². The van der Waals surface area contributed by atoms with Gasteiger partial charge >= 0.3 is 0 Å². The molecule has 1 saturated carbocycles. The average Bonchev–Trinajstić information content (AvgIpc) is 3.60. The topological polar surface area (TPSA) is 99.2 Å². The van der Waals surface area contributed by atoms with Crippen molar-refractivity contribution in [2.45, 2.75) is 32.2 Å². The average molecular weight is 497 g/mol. The summed E-state index contributed by atoms with van der Waals surface area (Å²) in [4.78, 5) is 4.06. The zero-order chi connectivity index (χ0) is 23.9. The quantitative estimate of drug-likeness (QED) is 0.282. The van der Waals surface area contributed by atoms with Crippen LogP contribution in [0.4, 0.5) is 11.4 Å². The lowest BCUT2D eigenvalue weighted by Crippen LogP contribution is -2.15. The van der Waals surface area contributed by atoms with Gasteiger partial charge in [0.15, 0.2) is 10.9 Å². The molecule has 7 nitrogen and oxygen atoms in total. The van der Waals surface area contributed by atoms with Gasteiger partial charge in [0.1, 0.15) is 5.75 Å². The molecule has 0 unspecified atom stereocenters. The number of nitrogens with two attached hydrogens (primary N) is 1. The van der Waals surface area contributed by atoms with E-state index in [1.54, 1.807) is 30.5 Å². The fraction of sp³-hybridized carbons (Fsp3) is 0.240. The molecular formula is C25H25ClN4O3S. The van der Waals surface area contributed by atoms with Crippen molar-refractivity contribution >= 4 is 43.9 Å². The summed E-state index contributed by atoms with van der Waals surface area (Å²) in [5, 5.41) is 1.24. The number of pyridine rings is 1. The number of anilines is 2. The first-order valence-corrected chi connectivity index (χ1v) is 13.2. The van der Waals surface area contributed by atoms with Crippen LogP contribution in [0.1, 0.15) is 32.2 Å². The second kappa shape index (κ2) is 8.85. The van der Waals surface area contributed by atoms with Gasteiger partial charge in [-0.25, -0.2) is 13.4 Å². The molecule has 5 rings (SSSR count). The SMILES string of the molecule is CCCS(=O)(=O)Nc1ccc(-c2c(N)c3ccc(Oc4cccnc4Cl)cc3n2C2CC2)cc1. The van der Waals surface area contributed by atoms with Gasteiger partial charge in [0.05, 0.1) is 22.7 Å². The second-order valence-corrected chi connectivity index (χ2v) is 10.6. The minimum absolute atomic E-state index is 0.0896. The van der Waals surface area contributed by atoms with Gasteiger partial charge in [-0.05, 0) is 55.7 Å². The lowest BCUT2D eigenvalue weighted by atomic mass is 10.1. The molecule has 9 heteroatoms. The number of benzene rings is 2. The Hall–Kier alpha value is -3.23. The molecular weight excluding hydrogens is 472 g/mol. The molecule has 1 aliphatic carbocycles. The summed E-state index contributed by atoms with van der Waals surface area (Å²) in [5.41, 5.74) is 10.7. The van der Waals surface area contributed by atoms with E-state index in [0.717, 1.165) is 35.0 Å². The van der Waals surface area contributed by atoms with E-state index in [2.05, 4.69) is 14.3 Å². The second-order valence-electron chi connectivity index (χ2n) is 8.44. The normalized spacial score (nSPS) is 13.8. The van der Waals surface area contributed by atoms with E-state index in [-0.39, 0.29) is 5.75 Å². The lowest BCUT2D eigenvalue weighted by Gasteiger charge is -2.12. The molecule has 0 bridgehead atoms. The maximum atomic E-state index is 12.1. The number of nitrogen functional groups attached to an aromatic ring is 1. The van der Waals surface area contributed by atoms with Gasteiger partial charge in [0.2, 0.25) is 10.0 Å². The molecule has 176 valence electrons. The van der Waals surface area contributed by atoms with Crippen LogP contribution in [0.3, 0.4) is 0 Å². The highest BCUT2D eigenvalue weighted by molar-refractivity contribution is 7.92. The molecule has 1 aliphatic rings. The number of halogens is 1. The van der Waals surface area contributed by atoms with Gasteiger partial charge in [-0.3, -0.25) is 4.72 Å². The van der Waals surface area contributed by atoms with Crippen molar-refractivity contribution in [3.05, 3.63) is 65.9 Å². The fourth-order valence-corrected chi connectivity index (χ4v) is 5.45. The monoisotopic (exact) mass is 496 g/mol. The number of aromatic nitrogens is 2. The Morgan fingerprint density at radius 1 is 1.18 bits per heavy atom. The van der Waals surface area contributed by atoms with E-state index in [0.29, 0.717) is 40.5 Å². The molecule has 0 atom stereocenters. The summed E-state index contributed by atoms with van der Waals surface area (Å²) < 4.78 is 35.1. The standard InChI is InChI=1S/C25H25ClN4O3S/c1-2-14-34(31,32)29-17-7-5-16(6-8-17)24-23(27)20-12-11-19(15-21(20)30(24)18-9-10-18)33-22-4-3-13-28-25(22)26/h3-8,11-13,15,18,29H,2,9-10,14,27H2,1H3. The number of ether oxygens (including phenoxy) is 1. The number of nitrogens with one attached hydrogen (secondary N) is 1. The van der Waals surface area contributed by atoms with E-state index in [9.17, 15) is 8.42 Å². The molecule has 0 radical (unpaired) electrons. The van der Waals surface area contributed by atoms with Crippen LogP contribution in [0.25, 0.3) is 22.2 Å². The minimum atomic E-state index is -3.34. The number of hydrogen-bond donors (Lipinski definition) is 2. The summed E-state index contributed by atoms with van der Waals surface area (Å²) in [7, 11) is -3.34. The Bertz CT molecular complexity index is 1460. The van der Waals surface area contributed by atoms with E-state index in [1.165, 1.54) is 0 Å². The van der Waals surface area contributed by atoms with Crippen molar-refractivity contribution < 1.29 is 13.2 Å². The molecule has 2 aromatic heterocycles. The summed E-state index contributed by atoms with van der Waals surface area (Å²) >= 11 is 6.16. The van der Waals surface area contributed by atoms with Gasteiger partial charge in [0.25, 0.3) is 0 Å². The van der Waals surface area contributed by atoms with Gasteiger partial charge in [-0.2, -0.15) is 0 Å². The molecule has 4 aromatic rings. The first-order valence-electron chi connectivity index (χ1n) is 11.2. The lowest BCUT2D eigenvalue weighted by molar-refractivity contribution is 0.481. The van der Waals surface area contributed by atoms with Crippen LogP contribution in [0.5, 0.6) is 11.5 Å². The predicted octanol–water partition coefficient (Wildman–Crippen LogP) is 6.22. The van der Waals surface area contributed by atoms with Crippen LogP contribution in [-0.2, 0) is 10.0 Å². The van der Waals surface area contributed by atoms with Crippen molar-refractivity contribution in [2.75, 3.05) is 16.2 Å². The Kier molecular flexibility index (Phi) is 5.87. The van der Waals surface area contributed by atoms with E-state index in [1.807, 2.05) is 37.3 Å². The van der Waals surface area contributed by atoms with Crippen molar-refractivity contribution in [3.8, 4) is 22.8 Å². The molecule has 0 spiro atoms. The highest BCUT2D eigenvalue weighted by Gasteiger charge is 2.30. The minimum Gasteiger partial charge on any atom is -0.454 e. The van der Waals surface area contributed by atoms with Crippen LogP contribution >= 0.6 is 11.6 Å². The van der Waals surface area contributed by atoms with Crippen LogP contribution in [0, 0.1) is 0 Å². The first kappa shape index (κ1) is 22.6. The fourth-order valence-electron chi connectivity index (χ4n) is 4.16. The third-order valence-corrected chi connectivity index (χ3v) is 7.56. The van der Waals surface area contributed by atoms with E-state index >= 15 is 0 Å². The largest absolute Gasteiger partial charge is 0.454 e. The molecule has 2 heterocycles. The number of rotatable bonds is 8. The molecule has 0 aliphatic heterocycles. The summed E-state index contributed by atoms with van der Waals surface area (Å²) in [6.07, 6.45) is 4.32. The number of hydrogen-bond acceptors (Lipinski definition) is 5. The zero-order valence-corrected chi connectivity index (χ0v) is 20.2. The number of nitrogens with zero attached hydrogens (tertiary/aromatic N) is 2. The summed E-state index contributed by atoms with van der Waals surface area (Å²) in [6.45, 7) is 1.84. The van der Waals surface area contributed by atoms with Gasteiger partial charge in [-0.1, -0.05) is 30.7 Å². The first-order chi connectivity index (χ1) is 16.4. The Balaban J connectivity index is 1.53. The highest BCUT2D eigenvalue weighted by atomic mass is 35.5. The summed E-state index contributed by atoms with van der Waals surface area (Å²) in [5.74, 6) is 1.23. The smallest absolute Gasteiger partial charge is 0.232 e. The van der Waals surface area contributed by atoms with Gasteiger partial charge in [0, 0.05) is 34.9 Å². The van der Waals surface area contributed by atoms with Crippen molar-refractivity contribution in [3.63, 3.8) is 0 Å². The van der Waals surface area contributed by atoms with Crippen LogP contribution in [0.15, 0.2) is 60.8 Å². The Labute approximate surface area is 203 Å². The Morgan fingerprint density at radius 3 is 2.62 bits per heavy atom. The maximum absolute atomic E-state index is 12.1. The van der Waals surface area contributed by atoms with Crippen LogP contribution in [0.2, 0.25) is 5.15 Å². The number of sulfonamides is 1. The van der Waals surface area contributed by atoms with Crippen molar-refractivity contribution in [2.24, 2.45) is 0 Å². The molecule has 34 heavy (non-hydrogen) atoms.